The van der Waals surface area contributed by atoms with Gasteiger partial charge >= 0.3 is 0 Å². The molecule has 3 aromatic rings. The second-order valence-electron chi connectivity index (χ2n) is 6.60. The third-order valence-corrected chi connectivity index (χ3v) is 7.04. The summed E-state index contributed by atoms with van der Waals surface area (Å²) >= 11 is 1.43. The van der Waals surface area contributed by atoms with Gasteiger partial charge < -0.3 is 5.32 Å². The summed E-state index contributed by atoms with van der Waals surface area (Å²) in [7, 11) is -3.23. The number of nitrogens with one attached hydrogen (secondary N) is 1. The van der Waals surface area contributed by atoms with Gasteiger partial charge in [0.15, 0.2) is 15.0 Å². The molecule has 1 aromatic heterocycles. The third-order valence-electron chi connectivity index (χ3n) is 4.42. The number of hydrogen-bond acceptors (Lipinski definition) is 5. The minimum absolute atomic E-state index is 0.00591. The number of benzene rings is 2. The van der Waals surface area contributed by atoms with Gasteiger partial charge in [-0.25, -0.2) is 13.4 Å². The van der Waals surface area contributed by atoms with Gasteiger partial charge in [-0.1, -0.05) is 47.7 Å². The van der Waals surface area contributed by atoms with Crippen LogP contribution < -0.4 is 5.32 Å². The molecule has 142 valence electrons. The van der Waals surface area contributed by atoms with E-state index in [2.05, 4.69) is 10.3 Å². The lowest BCUT2D eigenvalue weighted by molar-refractivity contribution is -0.116. The number of carbonyl (C=O) groups is 1. The predicted octanol–water partition coefficient (Wildman–Crippen LogP) is 4.25. The molecule has 27 heavy (non-hydrogen) atoms. The molecule has 3 rings (SSSR count). The average Bonchev–Trinajstić information content (AvgIpc) is 3.02. The van der Waals surface area contributed by atoms with Crippen molar-refractivity contribution in [3.63, 3.8) is 0 Å². The number of fused-ring (bicyclic) bond motifs is 1. The molecule has 0 unspecified atom stereocenters. The number of anilines is 1. The third kappa shape index (κ3) is 5.14. The molecule has 0 saturated carbocycles. The van der Waals surface area contributed by atoms with E-state index in [1.807, 2.05) is 44.2 Å². The first-order chi connectivity index (χ1) is 12.8. The Morgan fingerprint density at radius 3 is 2.59 bits per heavy atom. The Kier molecular flexibility index (Phi) is 5.92. The Bertz CT molecular complexity index is 1060. The number of carbonyl (C=O) groups excluding carboxylic acids is 1. The van der Waals surface area contributed by atoms with Crippen molar-refractivity contribution >= 4 is 42.4 Å². The number of aryl methyl sites for hydroxylation is 2. The monoisotopic (exact) mass is 402 g/mol. The molecule has 1 N–H and O–H groups in total. The van der Waals surface area contributed by atoms with Crippen LogP contribution in [0.4, 0.5) is 5.13 Å². The fraction of sp³-hybridized carbons (Fsp3) is 0.300. The molecule has 2 aromatic carbocycles. The highest BCUT2D eigenvalue weighted by atomic mass is 32.2. The van der Waals surface area contributed by atoms with Crippen LogP contribution in [0.1, 0.15) is 29.5 Å². The van der Waals surface area contributed by atoms with Crippen LogP contribution in [0.3, 0.4) is 0 Å². The number of thiazole rings is 1. The fourth-order valence-electron chi connectivity index (χ4n) is 2.81. The Hall–Kier alpha value is -2.25. The first-order valence-electron chi connectivity index (χ1n) is 8.75. The highest BCUT2D eigenvalue weighted by Gasteiger charge is 2.14. The summed E-state index contributed by atoms with van der Waals surface area (Å²) in [5.74, 6) is -0.210. The fourth-order valence-corrected chi connectivity index (χ4v) is 5.18. The summed E-state index contributed by atoms with van der Waals surface area (Å²) in [4.78, 5) is 16.6. The summed E-state index contributed by atoms with van der Waals surface area (Å²) < 4.78 is 25.4. The highest BCUT2D eigenvalue weighted by Crippen LogP contribution is 2.29. The molecule has 1 amide bonds. The molecule has 1 heterocycles. The van der Waals surface area contributed by atoms with Crippen molar-refractivity contribution in [3.05, 3.63) is 59.2 Å². The van der Waals surface area contributed by atoms with Gasteiger partial charge in [0.05, 0.1) is 21.7 Å². The van der Waals surface area contributed by atoms with E-state index in [0.29, 0.717) is 11.6 Å². The van der Waals surface area contributed by atoms with E-state index < -0.39 is 9.84 Å². The number of aromatic nitrogens is 1. The summed E-state index contributed by atoms with van der Waals surface area (Å²) in [6.07, 6.45) is 0.450. The predicted molar refractivity (Wildman–Crippen MR) is 111 cm³/mol. The molecule has 0 bridgehead atoms. The lowest BCUT2D eigenvalue weighted by Crippen LogP contribution is -2.15. The number of rotatable bonds is 7. The molecular weight excluding hydrogens is 380 g/mol. The van der Waals surface area contributed by atoms with Crippen molar-refractivity contribution in [2.24, 2.45) is 0 Å². The molecule has 0 radical (unpaired) electrons. The zero-order chi connectivity index (χ0) is 19.4. The smallest absolute Gasteiger partial charge is 0.226 e. The van der Waals surface area contributed by atoms with Crippen LogP contribution in [-0.4, -0.2) is 25.1 Å². The van der Waals surface area contributed by atoms with Crippen LogP contribution in [0.2, 0.25) is 0 Å². The van der Waals surface area contributed by atoms with E-state index in [1.165, 1.54) is 11.3 Å². The molecule has 0 atom stereocenters. The van der Waals surface area contributed by atoms with Gasteiger partial charge in [0, 0.05) is 6.42 Å². The summed E-state index contributed by atoms with van der Waals surface area (Å²) in [5.41, 5.74) is 3.94. The second-order valence-corrected chi connectivity index (χ2v) is 9.82. The Morgan fingerprint density at radius 1 is 1.11 bits per heavy atom. The van der Waals surface area contributed by atoms with Crippen LogP contribution in [-0.2, 0) is 20.4 Å². The van der Waals surface area contributed by atoms with Crippen molar-refractivity contribution in [3.8, 4) is 0 Å². The SMILES string of the molecule is Cc1ccc2sc(NC(=O)CCCS(=O)(=O)Cc3ccccc3)nc2c1C. The number of sulfone groups is 1. The van der Waals surface area contributed by atoms with Crippen molar-refractivity contribution in [1.29, 1.82) is 0 Å². The number of nitrogens with zero attached hydrogens (tertiary/aromatic N) is 1. The molecule has 7 heteroatoms. The molecule has 0 spiro atoms. The van der Waals surface area contributed by atoms with Gasteiger partial charge in [-0.05, 0) is 43.0 Å². The molecule has 0 fully saturated rings. The zero-order valence-electron chi connectivity index (χ0n) is 15.4. The molecule has 0 saturated heterocycles. The molecule has 0 aliphatic heterocycles. The second kappa shape index (κ2) is 8.19. The molecule has 5 nitrogen and oxygen atoms in total. The topological polar surface area (TPSA) is 76.1 Å². The van der Waals surface area contributed by atoms with Crippen LogP contribution in [0, 0.1) is 13.8 Å². The minimum atomic E-state index is -3.23. The standard InChI is InChI=1S/C20H22N2O3S2/c1-14-10-11-17-19(15(14)2)22-20(26-17)21-18(23)9-6-12-27(24,25)13-16-7-4-3-5-8-16/h3-5,7-8,10-11H,6,9,12-13H2,1-2H3,(H,21,22,23). The van der Waals surface area contributed by atoms with Crippen LogP contribution in [0.5, 0.6) is 0 Å². The zero-order valence-corrected chi connectivity index (χ0v) is 17.0. The maximum absolute atomic E-state index is 12.2. The van der Waals surface area contributed by atoms with Gasteiger partial charge in [0.2, 0.25) is 5.91 Å². The number of hydrogen-bond donors (Lipinski definition) is 1. The van der Waals surface area contributed by atoms with Gasteiger partial charge in [-0.15, -0.1) is 0 Å². The summed E-state index contributed by atoms with van der Waals surface area (Å²) in [6, 6.07) is 13.1. The van der Waals surface area contributed by atoms with E-state index in [9.17, 15) is 13.2 Å². The quantitative estimate of drug-likeness (QED) is 0.641. The highest BCUT2D eigenvalue weighted by molar-refractivity contribution is 7.90. The lowest BCUT2D eigenvalue weighted by atomic mass is 10.1. The van der Waals surface area contributed by atoms with Gasteiger partial charge in [0.25, 0.3) is 0 Å². The minimum Gasteiger partial charge on any atom is -0.302 e. The largest absolute Gasteiger partial charge is 0.302 e. The van der Waals surface area contributed by atoms with Gasteiger partial charge in [0.1, 0.15) is 0 Å². The van der Waals surface area contributed by atoms with Crippen LogP contribution >= 0.6 is 11.3 Å². The molecule has 0 aliphatic carbocycles. The first-order valence-corrected chi connectivity index (χ1v) is 11.4. The lowest BCUT2D eigenvalue weighted by Gasteiger charge is -2.05. The van der Waals surface area contributed by atoms with Crippen molar-refractivity contribution in [2.45, 2.75) is 32.4 Å². The van der Waals surface area contributed by atoms with Crippen molar-refractivity contribution < 1.29 is 13.2 Å². The number of amides is 1. The summed E-state index contributed by atoms with van der Waals surface area (Å²) in [6.45, 7) is 4.04. The van der Waals surface area contributed by atoms with Crippen molar-refractivity contribution in [2.75, 3.05) is 11.1 Å². The van der Waals surface area contributed by atoms with Gasteiger partial charge in [-0.3, -0.25) is 4.79 Å². The van der Waals surface area contributed by atoms with Gasteiger partial charge in [-0.2, -0.15) is 0 Å². The Labute approximate surface area is 163 Å². The van der Waals surface area contributed by atoms with Crippen LogP contribution in [0.15, 0.2) is 42.5 Å². The first kappa shape index (κ1) is 19.5. The van der Waals surface area contributed by atoms with E-state index >= 15 is 0 Å². The van der Waals surface area contributed by atoms with E-state index in [4.69, 9.17) is 0 Å². The van der Waals surface area contributed by atoms with E-state index in [1.54, 1.807) is 12.1 Å². The van der Waals surface area contributed by atoms with E-state index in [-0.39, 0.29) is 23.8 Å². The average molecular weight is 403 g/mol. The Morgan fingerprint density at radius 2 is 1.85 bits per heavy atom. The Balaban J connectivity index is 1.53. The molecule has 0 aliphatic rings. The maximum Gasteiger partial charge on any atom is 0.226 e. The maximum atomic E-state index is 12.2. The van der Waals surface area contributed by atoms with E-state index in [0.717, 1.165) is 26.9 Å². The normalized spacial score (nSPS) is 11.6. The summed E-state index contributed by atoms with van der Waals surface area (Å²) in [5, 5.41) is 3.34. The van der Waals surface area contributed by atoms with Crippen molar-refractivity contribution in [1.82, 2.24) is 4.98 Å². The molecular formula is C20H22N2O3S2. The van der Waals surface area contributed by atoms with Crippen LogP contribution in [0.25, 0.3) is 10.2 Å².